The van der Waals surface area contributed by atoms with E-state index in [-0.39, 0.29) is 113 Å². The number of ketones is 1. The number of hydrogen-bond donors (Lipinski definition) is 11. The molecule has 0 fully saturated rings. The number of carbonyl (C=O) groups excluding carboxylic acids is 14. The number of carbonyl (C=O) groups is 19. The lowest BCUT2D eigenvalue weighted by atomic mass is 10.0. The number of carboxylic acid groups (broad SMARTS) is 5. The molecule has 3 amide bonds. The summed E-state index contributed by atoms with van der Waals surface area (Å²) in [7, 11) is 0. The van der Waals surface area contributed by atoms with Gasteiger partial charge >= 0.3 is 64.2 Å². The highest BCUT2D eigenvalue weighted by atomic mass is 35.5. The largest absolute Gasteiger partial charge is 0.481 e. The predicted molar refractivity (Wildman–Crippen MR) is 338 cm³/mol. The fourth-order valence-corrected chi connectivity index (χ4v) is 5.79. The van der Waals surface area contributed by atoms with Crippen LogP contribution in [0.2, 0.25) is 0 Å². The predicted octanol–water partition coefficient (Wildman–Crippen LogP) is 1.22. The summed E-state index contributed by atoms with van der Waals surface area (Å²) >= 11 is 8.98. The van der Waals surface area contributed by atoms with Crippen LogP contribution in [0.1, 0.15) is 162 Å². The fraction of sp³-hybridized carbons (Fsp3) is 0.638. The number of allylic oxidation sites excluding steroid dienone is 1. The van der Waals surface area contributed by atoms with Crippen LogP contribution in [0.5, 0.6) is 0 Å². The van der Waals surface area contributed by atoms with Gasteiger partial charge in [-0.2, -0.15) is 0 Å². The number of halogens is 2. The molecule has 98 heavy (non-hydrogen) atoms. The van der Waals surface area contributed by atoms with Gasteiger partial charge in [0.1, 0.15) is 50.7 Å². The molecule has 0 aromatic carbocycles. The first-order valence-corrected chi connectivity index (χ1v) is 27.8. The van der Waals surface area contributed by atoms with E-state index in [1.807, 2.05) is 19.9 Å². The van der Waals surface area contributed by atoms with Crippen LogP contribution in [0.15, 0.2) is 12.7 Å². The topological polar surface area (TPSA) is 596 Å². The monoisotopic (exact) mass is 1470 g/mol. The Balaban J connectivity index is -0.000000170. The van der Waals surface area contributed by atoms with Crippen molar-refractivity contribution in [1.82, 2.24) is 16.0 Å². The summed E-state index contributed by atoms with van der Waals surface area (Å²) < 4.78 is 35.9. The molecule has 0 bridgehead atoms. The number of aliphatic hydroxyl groups excluding tert-OH is 2. The van der Waals surface area contributed by atoms with Crippen molar-refractivity contribution >= 4 is 137 Å². The van der Waals surface area contributed by atoms with Gasteiger partial charge < -0.3 is 94.7 Å². The molecule has 38 nitrogen and oxygen atoms in total. The summed E-state index contributed by atoms with van der Waals surface area (Å²) in [5, 5.41) is 76.8. The van der Waals surface area contributed by atoms with E-state index in [0.717, 1.165) is 6.42 Å². The molecular formula is C58H97Cl2N3O35. The van der Waals surface area contributed by atoms with Crippen LogP contribution < -0.4 is 16.0 Å². The highest BCUT2D eigenvalue weighted by molar-refractivity contribution is 6.97. The van der Waals surface area contributed by atoms with E-state index in [2.05, 4.69) is 81.1 Å². The number of amides is 3. The first-order chi connectivity index (χ1) is 43.4. The smallest absolute Gasteiger partial charge is 0.420 e. The molecular weight excluding hydrogens is 1370 g/mol. The van der Waals surface area contributed by atoms with Crippen LogP contribution in [0.3, 0.4) is 0 Å². The lowest BCUT2D eigenvalue weighted by Crippen LogP contribution is -2.52. The van der Waals surface area contributed by atoms with Gasteiger partial charge in [-0.3, -0.25) is 62.3 Å². The van der Waals surface area contributed by atoms with Crippen molar-refractivity contribution in [2.75, 3.05) is 39.5 Å². The van der Waals surface area contributed by atoms with Gasteiger partial charge in [0.25, 0.3) is 37.3 Å². The lowest BCUT2D eigenvalue weighted by molar-refractivity contribution is -0.231. The van der Waals surface area contributed by atoms with Crippen LogP contribution in [0.4, 0.5) is 0 Å². The molecule has 5 atom stereocenters. The third-order valence-corrected chi connectivity index (χ3v) is 11.1. The third-order valence-electron chi connectivity index (χ3n) is 10.7. The zero-order valence-electron chi connectivity index (χ0n) is 50.9. The first-order valence-electron chi connectivity index (χ1n) is 27.1. The van der Waals surface area contributed by atoms with Gasteiger partial charge in [-0.25, -0.2) is 28.8 Å². The van der Waals surface area contributed by atoms with E-state index in [0.29, 0.717) is 32.2 Å². The SMILES string of the molecule is C.C.C.C.C.C=CCC.CCC(CC(=O)NCCNC(=O)CC(CC)OC(=O)C(=O)OC(COC=O)(COC=O)C(=O)O)OC(=O)C(=O)OC(CC(=O)O)(CC(=O)O)OC=O.CCC(O)CC(=O)CCCNC(=O)CC(O)CC.O=C(Cl)C(=O)Cl.O=COCC(O)(CC(=O)O)C(=O)O. The van der Waals surface area contributed by atoms with Crippen LogP contribution in [-0.4, -0.2) is 235 Å². The Hall–Kier alpha value is -9.27. The van der Waals surface area contributed by atoms with Gasteiger partial charge in [-0.05, 0) is 61.7 Å². The molecule has 0 aliphatic carbocycles. The molecule has 0 aromatic rings. The second kappa shape index (κ2) is 63.8. The maximum atomic E-state index is 12.3. The molecule has 0 aliphatic heterocycles. The molecule has 0 spiro atoms. The van der Waals surface area contributed by atoms with Gasteiger partial charge in [0.15, 0.2) is 0 Å². The minimum absolute atomic E-state index is 0. The number of carboxylic acids is 5. The van der Waals surface area contributed by atoms with E-state index in [9.17, 15) is 106 Å². The van der Waals surface area contributed by atoms with E-state index >= 15 is 0 Å². The maximum Gasteiger partial charge on any atom is 0.420 e. The highest BCUT2D eigenvalue weighted by Gasteiger charge is 2.48. The van der Waals surface area contributed by atoms with E-state index < -0.39 is 169 Å². The van der Waals surface area contributed by atoms with Crippen molar-refractivity contribution in [3.05, 3.63) is 12.7 Å². The minimum atomic E-state index is -2.87. The van der Waals surface area contributed by atoms with Crippen LogP contribution in [0.25, 0.3) is 0 Å². The summed E-state index contributed by atoms with van der Waals surface area (Å²) in [6.45, 7) is 8.14. The van der Waals surface area contributed by atoms with Crippen molar-refractivity contribution < 1.29 is 170 Å². The summed E-state index contributed by atoms with van der Waals surface area (Å²) in [6.07, 6.45) is -3.09. The van der Waals surface area contributed by atoms with Crippen molar-refractivity contribution in [3.8, 4) is 0 Å². The Morgan fingerprint density at radius 3 is 1.15 bits per heavy atom. The molecule has 11 N–H and O–H groups in total. The summed E-state index contributed by atoms with van der Waals surface area (Å²) in [4.78, 5) is 211. The first kappa shape index (κ1) is 110. The summed E-state index contributed by atoms with van der Waals surface area (Å²) in [5.74, 6) is -20.5. The van der Waals surface area contributed by atoms with Crippen molar-refractivity contribution in [2.45, 2.75) is 203 Å². The Morgan fingerprint density at radius 2 is 0.837 bits per heavy atom. The normalized spacial score (nSPS) is 11.5. The average molecular weight is 1470 g/mol. The number of rotatable bonds is 44. The summed E-state index contributed by atoms with van der Waals surface area (Å²) in [5.41, 5.74) is -5.36. The van der Waals surface area contributed by atoms with E-state index in [1.54, 1.807) is 0 Å². The van der Waals surface area contributed by atoms with Crippen LogP contribution >= 0.6 is 23.2 Å². The number of aliphatic hydroxyl groups is 3. The minimum Gasteiger partial charge on any atom is -0.481 e. The standard InChI is InChI=1S/C28H36N2O22.C13H25NO4.C6H8O7.C4H8.C2Cl2O2.5CH4/c1-3-16(49-22(40)24(42)51-27(26(44)45,11-46-13-31)12-47-14-32)7-18(34)29-5-6-30-19(35)8-17(4-2)50-23(41)25(43)52-28(48-15-33,9-20(36)37)10-21(38)39;1-3-10(15)8-12(17)6-5-7-14-13(18)9-11(16)4-2;7-3-13-2-6(12,5(10)11)1-4(8)9;1-3-4-2;3-1(5)2(4)6;;;;;/h13-17H,3-12H2,1-2H3,(H,29,34)(H,30,35)(H,36,37)(H,38,39)(H,44,45);10-11,15-16H,3-9H2,1-2H3,(H,14,18);3,12H,1-2H2,(H,8,9)(H,10,11);3H,1,4H2,2H3;;5*1H4. The van der Waals surface area contributed by atoms with Crippen molar-refractivity contribution in [2.24, 2.45) is 0 Å². The quantitative estimate of drug-likeness (QED) is 0.00597. The third kappa shape index (κ3) is 57.0. The average Bonchev–Trinajstić information content (AvgIpc) is 0.843. The highest BCUT2D eigenvalue weighted by Crippen LogP contribution is 2.24. The molecule has 40 heteroatoms. The Bertz CT molecular complexity index is 2430. The van der Waals surface area contributed by atoms with Crippen LogP contribution in [-0.2, 0) is 129 Å². The van der Waals surface area contributed by atoms with E-state index in [1.165, 1.54) is 13.8 Å². The number of aliphatic carboxylic acids is 5. The molecule has 0 saturated heterocycles. The second-order valence-electron chi connectivity index (χ2n) is 18.2. The lowest BCUT2D eigenvalue weighted by Gasteiger charge is -2.28. The summed E-state index contributed by atoms with van der Waals surface area (Å²) in [6, 6.07) is 0. The molecule has 0 aliphatic rings. The number of hydrogen-bond acceptors (Lipinski definition) is 30. The zero-order valence-corrected chi connectivity index (χ0v) is 52.4. The number of esters is 4. The Morgan fingerprint density at radius 1 is 0.480 bits per heavy atom. The van der Waals surface area contributed by atoms with Gasteiger partial charge in [0, 0.05) is 32.5 Å². The van der Waals surface area contributed by atoms with Crippen molar-refractivity contribution in [1.29, 1.82) is 0 Å². The number of ether oxygens (including phenoxy) is 8. The van der Waals surface area contributed by atoms with Gasteiger partial charge in [0.05, 0.1) is 37.9 Å². The maximum absolute atomic E-state index is 12.3. The molecule has 0 saturated carbocycles. The van der Waals surface area contributed by atoms with Gasteiger partial charge in [-0.1, -0.05) is 77.8 Å². The zero-order chi connectivity index (χ0) is 72.9. The fourth-order valence-electron chi connectivity index (χ4n) is 5.79. The number of Topliss-reactive ketones (excluding diaryl/α,β-unsaturated/α-hetero) is 1. The molecule has 0 aromatic heterocycles. The molecule has 0 heterocycles. The number of nitrogens with one attached hydrogen (secondary N) is 3. The van der Waals surface area contributed by atoms with Gasteiger partial charge in [0.2, 0.25) is 23.3 Å². The van der Waals surface area contributed by atoms with E-state index in [4.69, 9.17) is 35.0 Å². The van der Waals surface area contributed by atoms with Crippen LogP contribution in [0, 0.1) is 0 Å². The molecule has 0 rings (SSSR count). The molecule has 568 valence electrons. The molecule has 5 unspecified atom stereocenters. The van der Waals surface area contributed by atoms with Gasteiger partial charge in [-0.15, -0.1) is 6.58 Å². The Kier molecular flexibility index (Phi) is 71.7. The molecule has 0 radical (unpaired) electrons. The second-order valence-corrected chi connectivity index (χ2v) is 18.9. The van der Waals surface area contributed by atoms with Crippen molar-refractivity contribution in [3.63, 3.8) is 0 Å². The Labute approximate surface area is 575 Å².